The van der Waals surface area contributed by atoms with Gasteiger partial charge in [0.1, 0.15) is 0 Å². The molecule has 0 aliphatic carbocycles. The second kappa shape index (κ2) is 7.74. The number of rotatable bonds is 5. The molecule has 0 radical (unpaired) electrons. The number of carboxylic acid groups (broad SMARTS) is 1. The summed E-state index contributed by atoms with van der Waals surface area (Å²) in [5.41, 5.74) is 1.42. The molecule has 1 aromatic carbocycles. The molecule has 0 bridgehead atoms. The quantitative estimate of drug-likeness (QED) is 0.836. The second-order valence-electron chi connectivity index (χ2n) is 5.56. The number of benzene rings is 1. The predicted octanol–water partition coefficient (Wildman–Crippen LogP) is 2.61. The van der Waals surface area contributed by atoms with Crippen LogP contribution in [0.15, 0.2) is 22.7 Å². The van der Waals surface area contributed by atoms with Crippen LogP contribution in [0.2, 0.25) is 0 Å². The van der Waals surface area contributed by atoms with Crippen LogP contribution in [0.1, 0.15) is 28.8 Å². The Morgan fingerprint density at radius 1 is 1.41 bits per heavy atom. The molecule has 22 heavy (non-hydrogen) atoms. The summed E-state index contributed by atoms with van der Waals surface area (Å²) in [7, 11) is 0. The van der Waals surface area contributed by atoms with Gasteiger partial charge in [0.05, 0.1) is 5.92 Å². The number of hydrogen-bond donors (Lipinski definition) is 2. The first kappa shape index (κ1) is 17.0. The van der Waals surface area contributed by atoms with Crippen molar-refractivity contribution in [3.63, 3.8) is 0 Å². The highest BCUT2D eigenvalue weighted by molar-refractivity contribution is 9.10. The highest BCUT2D eigenvalue weighted by atomic mass is 79.9. The first-order chi connectivity index (χ1) is 10.5. The van der Waals surface area contributed by atoms with Gasteiger partial charge < -0.3 is 15.2 Å². The predicted molar refractivity (Wildman–Crippen MR) is 85.9 cm³/mol. The second-order valence-corrected chi connectivity index (χ2v) is 6.48. The third kappa shape index (κ3) is 4.30. The fourth-order valence-electron chi connectivity index (χ4n) is 2.75. The number of amides is 1. The third-order valence-corrected chi connectivity index (χ3v) is 4.56. The Hall–Kier alpha value is -1.40. The maximum absolute atomic E-state index is 12.2. The summed E-state index contributed by atoms with van der Waals surface area (Å²) in [4.78, 5) is 23.7. The molecular formula is C16H20BrNO4. The zero-order valence-electron chi connectivity index (χ0n) is 12.5. The largest absolute Gasteiger partial charge is 0.481 e. The summed E-state index contributed by atoms with van der Waals surface area (Å²) < 4.78 is 6.18. The highest BCUT2D eigenvalue weighted by Crippen LogP contribution is 2.24. The number of carboxylic acids is 1. The Labute approximate surface area is 138 Å². The van der Waals surface area contributed by atoms with Crippen LogP contribution in [-0.2, 0) is 9.53 Å². The van der Waals surface area contributed by atoms with Crippen molar-refractivity contribution in [3.05, 3.63) is 33.8 Å². The Morgan fingerprint density at radius 2 is 2.09 bits per heavy atom. The van der Waals surface area contributed by atoms with Gasteiger partial charge in [0.15, 0.2) is 0 Å². The van der Waals surface area contributed by atoms with E-state index >= 15 is 0 Å². The van der Waals surface area contributed by atoms with E-state index in [-0.39, 0.29) is 18.4 Å². The molecular weight excluding hydrogens is 350 g/mol. The van der Waals surface area contributed by atoms with Crippen molar-refractivity contribution in [3.8, 4) is 0 Å². The summed E-state index contributed by atoms with van der Waals surface area (Å²) in [5, 5.41) is 12.2. The fraction of sp³-hybridized carbons (Fsp3) is 0.500. The van der Waals surface area contributed by atoms with Crippen molar-refractivity contribution in [1.29, 1.82) is 0 Å². The molecule has 1 heterocycles. The van der Waals surface area contributed by atoms with E-state index in [1.54, 1.807) is 12.1 Å². The first-order valence-electron chi connectivity index (χ1n) is 7.34. The molecule has 1 aliphatic rings. The van der Waals surface area contributed by atoms with Crippen LogP contribution in [0.5, 0.6) is 0 Å². The Morgan fingerprint density at radius 3 is 2.68 bits per heavy atom. The molecule has 5 nitrogen and oxygen atoms in total. The molecule has 1 aromatic rings. The molecule has 1 amide bonds. The summed E-state index contributed by atoms with van der Waals surface area (Å²) in [6, 6.07) is 5.40. The van der Waals surface area contributed by atoms with E-state index in [4.69, 9.17) is 4.74 Å². The molecule has 6 heteroatoms. The maximum atomic E-state index is 12.2. The molecule has 0 spiro atoms. The van der Waals surface area contributed by atoms with Gasteiger partial charge in [-0.3, -0.25) is 9.59 Å². The van der Waals surface area contributed by atoms with Crippen LogP contribution >= 0.6 is 15.9 Å². The molecule has 1 fully saturated rings. The van der Waals surface area contributed by atoms with Gasteiger partial charge in [0.25, 0.3) is 5.91 Å². The number of halogens is 1. The lowest BCUT2D eigenvalue weighted by molar-refractivity contribution is -0.144. The van der Waals surface area contributed by atoms with Crippen LogP contribution < -0.4 is 5.32 Å². The van der Waals surface area contributed by atoms with E-state index in [1.807, 2.05) is 13.0 Å². The van der Waals surface area contributed by atoms with Gasteiger partial charge in [-0.15, -0.1) is 0 Å². The smallest absolute Gasteiger partial charge is 0.308 e. The first-order valence-corrected chi connectivity index (χ1v) is 8.13. The molecule has 120 valence electrons. The topological polar surface area (TPSA) is 75.6 Å². The third-order valence-electron chi connectivity index (χ3n) is 4.07. The van der Waals surface area contributed by atoms with Gasteiger partial charge in [-0.2, -0.15) is 0 Å². The van der Waals surface area contributed by atoms with E-state index in [9.17, 15) is 14.7 Å². The number of nitrogens with one attached hydrogen (secondary N) is 1. The van der Waals surface area contributed by atoms with E-state index in [2.05, 4.69) is 21.2 Å². The Bertz CT molecular complexity index is 555. The molecule has 2 N–H and O–H groups in total. The van der Waals surface area contributed by atoms with Crippen LogP contribution in [0.4, 0.5) is 0 Å². The van der Waals surface area contributed by atoms with Crippen LogP contribution in [0, 0.1) is 18.8 Å². The van der Waals surface area contributed by atoms with Crippen LogP contribution in [0.3, 0.4) is 0 Å². The maximum Gasteiger partial charge on any atom is 0.308 e. The number of aryl methyl sites for hydroxylation is 1. The Kier molecular flexibility index (Phi) is 5.97. The molecule has 1 aliphatic heterocycles. The average molecular weight is 370 g/mol. The van der Waals surface area contributed by atoms with Gasteiger partial charge in [-0.05, 0) is 49.4 Å². The van der Waals surface area contributed by atoms with E-state index in [1.165, 1.54) is 0 Å². The lowest BCUT2D eigenvalue weighted by Gasteiger charge is -2.27. The van der Waals surface area contributed by atoms with Crippen molar-refractivity contribution in [2.45, 2.75) is 19.8 Å². The van der Waals surface area contributed by atoms with Gasteiger partial charge in [-0.1, -0.05) is 15.9 Å². The Balaban J connectivity index is 1.99. The van der Waals surface area contributed by atoms with Crippen molar-refractivity contribution < 1.29 is 19.4 Å². The zero-order chi connectivity index (χ0) is 16.1. The highest BCUT2D eigenvalue weighted by Gasteiger charge is 2.30. The van der Waals surface area contributed by atoms with Gasteiger partial charge >= 0.3 is 5.97 Å². The van der Waals surface area contributed by atoms with E-state index in [0.717, 1.165) is 22.9 Å². The summed E-state index contributed by atoms with van der Waals surface area (Å²) in [6.07, 6.45) is 1.45. The lowest BCUT2D eigenvalue weighted by atomic mass is 9.86. The molecule has 0 aromatic heterocycles. The van der Waals surface area contributed by atoms with Crippen molar-refractivity contribution in [2.75, 3.05) is 19.8 Å². The van der Waals surface area contributed by atoms with Crippen LogP contribution in [0.25, 0.3) is 0 Å². The lowest BCUT2D eigenvalue weighted by Crippen LogP contribution is -2.39. The molecule has 2 rings (SSSR count). The minimum atomic E-state index is -0.861. The van der Waals surface area contributed by atoms with Gasteiger partial charge in [-0.25, -0.2) is 0 Å². The monoisotopic (exact) mass is 369 g/mol. The normalized spacial score (nSPS) is 17.0. The van der Waals surface area contributed by atoms with Crippen LogP contribution in [-0.4, -0.2) is 36.7 Å². The van der Waals surface area contributed by atoms with E-state index in [0.29, 0.717) is 18.8 Å². The standard InChI is InChI=1S/C16H20BrNO4/c1-10-8-12(17)2-3-13(10)15(19)18-9-14(16(20)21)11-4-6-22-7-5-11/h2-3,8,11,14H,4-7,9H2,1H3,(H,18,19)(H,20,21). The fourth-order valence-corrected chi connectivity index (χ4v) is 3.23. The summed E-state index contributed by atoms with van der Waals surface area (Å²) >= 11 is 3.36. The number of ether oxygens (including phenoxy) is 1. The van der Waals surface area contributed by atoms with E-state index < -0.39 is 11.9 Å². The number of carbonyl (C=O) groups excluding carboxylic acids is 1. The summed E-state index contributed by atoms with van der Waals surface area (Å²) in [6.45, 7) is 3.18. The molecule has 1 unspecified atom stereocenters. The SMILES string of the molecule is Cc1cc(Br)ccc1C(=O)NCC(C(=O)O)C1CCOCC1. The average Bonchev–Trinajstić information content (AvgIpc) is 2.48. The molecule has 1 atom stereocenters. The van der Waals surface area contributed by atoms with Gasteiger partial charge in [0.2, 0.25) is 0 Å². The van der Waals surface area contributed by atoms with Crippen molar-refractivity contribution >= 4 is 27.8 Å². The zero-order valence-corrected chi connectivity index (χ0v) is 14.1. The number of hydrogen-bond acceptors (Lipinski definition) is 3. The van der Waals surface area contributed by atoms with Crippen molar-refractivity contribution in [2.24, 2.45) is 11.8 Å². The van der Waals surface area contributed by atoms with Crippen molar-refractivity contribution in [1.82, 2.24) is 5.32 Å². The minimum absolute atomic E-state index is 0.0533. The molecule has 0 saturated carbocycles. The number of aliphatic carboxylic acids is 1. The minimum Gasteiger partial charge on any atom is -0.481 e. The number of carbonyl (C=O) groups is 2. The van der Waals surface area contributed by atoms with Gasteiger partial charge in [0, 0.05) is 29.8 Å². The summed E-state index contributed by atoms with van der Waals surface area (Å²) in [5.74, 6) is -1.61. The molecule has 1 saturated heterocycles.